The molecule has 5 N–H and O–H groups in total. The summed E-state index contributed by atoms with van der Waals surface area (Å²) in [5.74, 6) is 1.92. The maximum Gasteiger partial charge on any atom is 0.253 e. The Bertz CT molecular complexity index is 1080. The van der Waals surface area contributed by atoms with Crippen molar-refractivity contribution in [2.75, 3.05) is 44.6 Å². The molecule has 2 aromatic carbocycles. The number of ether oxygens (including phenoxy) is 3. The number of aliphatic hydroxyl groups is 1. The predicted molar refractivity (Wildman–Crippen MR) is 153 cm³/mol. The Hall–Kier alpha value is -2.62. The van der Waals surface area contributed by atoms with Crippen LogP contribution in [0.2, 0.25) is 0 Å². The maximum atomic E-state index is 12.1. The fraction of sp³-hybridized carbons (Fsp3) is 0.655. The van der Waals surface area contributed by atoms with E-state index in [1.165, 1.54) is 0 Å². The maximum absolute atomic E-state index is 12.1. The highest BCUT2D eigenvalue weighted by atomic mass is 16.5. The van der Waals surface area contributed by atoms with E-state index in [9.17, 15) is 14.7 Å². The second-order valence-corrected chi connectivity index (χ2v) is 11.0. The molecule has 0 aliphatic heterocycles. The summed E-state index contributed by atoms with van der Waals surface area (Å²) in [6.07, 6.45) is 2.04. The standard InChI is InChI=1S/C29H47N3O6/c1-8-29(4,5)32-26-25(27(34)28(26)35)31-17-22(33)21(30)16-20(18(2)3)14-19-10-11-23(37-7)24(15-19)38-13-9-12-36-6/h10-11,15,18,20-22,31-33H,8-9,12-14,16-17,30H2,1-7H3/t20-,21-,22-/m0/s1. The number of benzene rings is 1. The average Bonchev–Trinajstić information content (AvgIpc) is 2.89. The van der Waals surface area contributed by atoms with Crippen molar-refractivity contribution in [2.45, 2.75) is 78.0 Å². The highest BCUT2D eigenvalue weighted by Crippen LogP contribution is 2.31. The van der Waals surface area contributed by atoms with Gasteiger partial charge in [-0.1, -0.05) is 26.8 Å². The Balaban J connectivity index is 2.01. The van der Waals surface area contributed by atoms with Crippen molar-refractivity contribution in [1.82, 2.24) is 0 Å². The minimum Gasteiger partial charge on any atom is -0.493 e. The van der Waals surface area contributed by atoms with Gasteiger partial charge in [0.1, 0.15) is 11.4 Å². The van der Waals surface area contributed by atoms with Crippen molar-refractivity contribution in [3.05, 3.63) is 44.2 Å². The molecule has 0 saturated heterocycles. The van der Waals surface area contributed by atoms with E-state index in [4.69, 9.17) is 19.9 Å². The zero-order valence-corrected chi connectivity index (χ0v) is 24.1. The molecule has 0 amide bonds. The molecule has 0 unspecified atom stereocenters. The third-order valence-electron chi connectivity index (χ3n) is 7.23. The van der Waals surface area contributed by atoms with E-state index in [0.717, 1.165) is 24.8 Å². The summed E-state index contributed by atoms with van der Waals surface area (Å²) in [5.41, 5.74) is 6.59. The van der Waals surface area contributed by atoms with Crippen molar-refractivity contribution in [3.8, 4) is 11.5 Å². The molecular weight excluding hydrogens is 486 g/mol. The first-order valence-corrected chi connectivity index (χ1v) is 13.5. The lowest BCUT2D eigenvalue weighted by atomic mass is 9.83. The third-order valence-corrected chi connectivity index (χ3v) is 7.23. The molecule has 0 radical (unpaired) electrons. The molecular formula is C29H47N3O6. The van der Waals surface area contributed by atoms with Gasteiger partial charge in [-0.05, 0) is 62.6 Å². The highest BCUT2D eigenvalue weighted by molar-refractivity contribution is 5.74. The zero-order chi connectivity index (χ0) is 28.5. The number of nitrogens with two attached hydrogens (primary N) is 1. The minimum absolute atomic E-state index is 0.0834. The Labute approximate surface area is 226 Å². The van der Waals surface area contributed by atoms with E-state index in [-0.39, 0.29) is 29.4 Å². The lowest BCUT2D eigenvalue weighted by Crippen LogP contribution is -2.45. The molecule has 214 valence electrons. The number of hydrogen-bond donors (Lipinski definition) is 4. The summed E-state index contributed by atoms with van der Waals surface area (Å²) in [6, 6.07) is 5.43. The minimum atomic E-state index is -0.886. The van der Waals surface area contributed by atoms with E-state index in [1.54, 1.807) is 14.2 Å². The first-order valence-electron chi connectivity index (χ1n) is 13.5. The fourth-order valence-corrected chi connectivity index (χ4v) is 4.21. The molecule has 2 aromatic rings. The van der Waals surface area contributed by atoms with Gasteiger partial charge in [-0.2, -0.15) is 0 Å². The average molecular weight is 534 g/mol. The van der Waals surface area contributed by atoms with Crippen LogP contribution >= 0.6 is 0 Å². The molecule has 38 heavy (non-hydrogen) atoms. The Kier molecular flexibility index (Phi) is 12.1. The van der Waals surface area contributed by atoms with Crippen LogP contribution in [0.5, 0.6) is 11.5 Å². The summed E-state index contributed by atoms with van der Waals surface area (Å²) in [7, 11) is 3.29. The topological polar surface area (TPSA) is 132 Å². The number of anilines is 2. The quantitative estimate of drug-likeness (QED) is 0.168. The van der Waals surface area contributed by atoms with Gasteiger partial charge in [0.25, 0.3) is 10.9 Å². The van der Waals surface area contributed by atoms with E-state index in [1.807, 2.05) is 39.0 Å². The molecule has 0 spiro atoms. The monoisotopic (exact) mass is 533 g/mol. The van der Waals surface area contributed by atoms with Crippen molar-refractivity contribution < 1.29 is 19.3 Å². The lowest BCUT2D eigenvalue weighted by Gasteiger charge is -2.29. The van der Waals surface area contributed by atoms with E-state index in [2.05, 4.69) is 24.5 Å². The van der Waals surface area contributed by atoms with Crippen molar-refractivity contribution >= 4 is 11.4 Å². The number of nitrogens with one attached hydrogen (secondary N) is 2. The van der Waals surface area contributed by atoms with Crippen molar-refractivity contribution in [2.24, 2.45) is 17.6 Å². The van der Waals surface area contributed by atoms with Crippen LogP contribution in [-0.4, -0.2) is 56.8 Å². The molecule has 0 saturated carbocycles. The van der Waals surface area contributed by atoms with Crippen LogP contribution in [0.4, 0.5) is 11.4 Å². The van der Waals surface area contributed by atoms with Gasteiger partial charge in [0, 0.05) is 38.3 Å². The molecule has 3 atom stereocenters. The SMILES string of the molecule is CCC(C)(C)Nc1c(NC[C@H](O)[C@@H](N)C[C@H](Cc2ccc(OC)c(OCCCOC)c2)C(C)C)c(=O)c1=O. The van der Waals surface area contributed by atoms with Crippen LogP contribution in [-0.2, 0) is 11.2 Å². The van der Waals surface area contributed by atoms with Crippen LogP contribution in [0.25, 0.3) is 0 Å². The fourth-order valence-electron chi connectivity index (χ4n) is 4.21. The highest BCUT2D eigenvalue weighted by Gasteiger charge is 2.28. The molecule has 0 aliphatic carbocycles. The Morgan fingerprint density at radius 2 is 1.74 bits per heavy atom. The lowest BCUT2D eigenvalue weighted by molar-refractivity contribution is 0.137. The normalized spacial score (nSPS) is 14.4. The van der Waals surface area contributed by atoms with Gasteiger partial charge in [0.15, 0.2) is 11.5 Å². The molecule has 2 rings (SSSR count). The summed E-state index contributed by atoms with van der Waals surface area (Å²) in [5, 5.41) is 16.9. The molecule has 0 bridgehead atoms. The van der Waals surface area contributed by atoms with E-state index < -0.39 is 23.0 Å². The number of aliphatic hydroxyl groups excluding tert-OH is 1. The molecule has 9 heteroatoms. The second kappa shape index (κ2) is 14.5. The van der Waals surface area contributed by atoms with Crippen LogP contribution < -0.4 is 36.7 Å². The summed E-state index contributed by atoms with van der Waals surface area (Å²) in [4.78, 5) is 24.2. The van der Waals surface area contributed by atoms with Crippen molar-refractivity contribution in [1.29, 1.82) is 0 Å². The van der Waals surface area contributed by atoms with Gasteiger partial charge in [-0.15, -0.1) is 0 Å². The smallest absolute Gasteiger partial charge is 0.253 e. The Morgan fingerprint density at radius 3 is 2.34 bits per heavy atom. The van der Waals surface area contributed by atoms with Crippen LogP contribution in [0.15, 0.2) is 27.8 Å². The molecule has 0 aliphatic rings. The predicted octanol–water partition coefficient (Wildman–Crippen LogP) is 3.31. The zero-order valence-electron chi connectivity index (χ0n) is 24.1. The molecule has 0 fully saturated rings. The second-order valence-electron chi connectivity index (χ2n) is 11.0. The van der Waals surface area contributed by atoms with Crippen LogP contribution in [0, 0.1) is 11.8 Å². The summed E-state index contributed by atoms with van der Waals surface area (Å²) >= 11 is 0. The Morgan fingerprint density at radius 1 is 1.05 bits per heavy atom. The van der Waals surface area contributed by atoms with Gasteiger partial charge in [-0.3, -0.25) is 9.59 Å². The first kappa shape index (κ1) is 31.6. The molecule has 9 nitrogen and oxygen atoms in total. The van der Waals surface area contributed by atoms with Gasteiger partial charge >= 0.3 is 0 Å². The first-order chi connectivity index (χ1) is 17.9. The van der Waals surface area contributed by atoms with E-state index in [0.29, 0.717) is 37.1 Å². The number of hydrogen-bond acceptors (Lipinski definition) is 9. The number of methoxy groups -OCH3 is 2. The van der Waals surface area contributed by atoms with Crippen molar-refractivity contribution in [3.63, 3.8) is 0 Å². The van der Waals surface area contributed by atoms with Crippen LogP contribution in [0.1, 0.15) is 59.4 Å². The number of rotatable bonds is 18. The van der Waals surface area contributed by atoms with Crippen LogP contribution in [0.3, 0.4) is 0 Å². The van der Waals surface area contributed by atoms with E-state index >= 15 is 0 Å². The summed E-state index contributed by atoms with van der Waals surface area (Å²) in [6.45, 7) is 11.5. The van der Waals surface area contributed by atoms with Gasteiger partial charge in [0.05, 0.1) is 19.8 Å². The molecule has 0 aromatic heterocycles. The van der Waals surface area contributed by atoms with Gasteiger partial charge in [0.2, 0.25) is 0 Å². The van der Waals surface area contributed by atoms with Gasteiger partial charge in [-0.25, -0.2) is 0 Å². The third kappa shape index (κ3) is 8.71. The van der Waals surface area contributed by atoms with Gasteiger partial charge < -0.3 is 35.7 Å². The summed E-state index contributed by atoms with van der Waals surface area (Å²) < 4.78 is 16.5. The largest absolute Gasteiger partial charge is 0.493 e. The molecule has 0 heterocycles.